The molecule has 2 aromatic rings. The summed E-state index contributed by atoms with van der Waals surface area (Å²) in [7, 11) is -3.85. The van der Waals surface area contributed by atoms with Crippen molar-refractivity contribution in [1.29, 1.82) is 0 Å². The second-order valence-electron chi connectivity index (χ2n) is 12.3. The van der Waals surface area contributed by atoms with Gasteiger partial charge in [-0.3, -0.25) is 14.4 Å². The lowest BCUT2D eigenvalue weighted by Crippen LogP contribution is -2.57. The molecule has 5 atom stereocenters. The monoisotopic (exact) mass is 606 g/mol. The van der Waals surface area contributed by atoms with E-state index in [4.69, 9.17) is 9.72 Å². The van der Waals surface area contributed by atoms with E-state index >= 15 is 0 Å². The maximum absolute atomic E-state index is 13.3. The van der Waals surface area contributed by atoms with Crippen molar-refractivity contribution in [1.82, 2.24) is 15.2 Å². The Balaban J connectivity index is 1.41. The number of morpholine rings is 1. The van der Waals surface area contributed by atoms with Gasteiger partial charge in [0.15, 0.2) is 5.13 Å². The molecule has 1 saturated heterocycles. The van der Waals surface area contributed by atoms with Gasteiger partial charge in [0, 0.05) is 48.8 Å². The van der Waals surface area contributed by atoms with E-state index in [0.29, 0.717) is 39.0 Å². The zero-order valence-corrected chi connectivity index (χ0v) is 25.7. The van der Waals surface area contributed by atoms with Crippen LogP contribution in [-0.2, 0) is 26.0 Å². The van der Waals surface area contributed by atoms with Crippen molar-refractivity contribution in [2.24, 2.45) is 16.7 Å². The van der Waals surface area contributed by atoms with Gasteiger partial charge >= 0.3 is 0 Å². The van der Waals surface area contributed by atoms with Gasteiger partial charge in [-0.15, -0.1) is 11.3 Å². The number of benzene rings is 1. The number of rotatable bonds is 9. The SMILES string of the molecule is Cc1ccc(S(=O)(=O)Nc2nc3c(s2)CC2C(C)(CO)C(O)CCC2(C)C3CC(=O)NCCN2CCOCC2)cc1. The number of aliphatic hydroxyl groups excluding tert-OH is 2. The van der Waals surface area contributed by atoms with Crippen LogP contribution in [0.3, 0.4) is 0 Å². The summed E-state index contributed by atoms with van der Waals surface area (Å²) in [4.78, 5) is 21.5. The molecule has 1 saturated carbocycles. The molecule has 1 aromatic carbocycles. The van der Waals surface area contributed by atoms with Gasteiger partial charge in [0.1, 0.15) is 0 Å². The molecule has 10 nitrogen and oxygen atoms in total. The van der Waals surface area contributed by atoms with E-state index in [1.165, 1.54) is 11.3 Å². The van der Waals surface area contributed by atoms with Crippen LogP contribution < -0.4 is 10.0 Å². The molecule has 3 aliphatic rings. The van der Waals surface area contributed by atoms with Crippen molar-refractivity contribution >= 4 is 32.4 Å². The van der Waals surface area contributed by atoms with E-state index in [1.54, 1.807) is 24.3 Å². The third-order valence-electron chi connectivity index (χ3n) is 9.69. The average Bonchev–Trinajstić information content (AvgIpc) is 3.34. The number of anilines is 1. The lowest BCUT2D eigenvalue weighted by atomic mass is 9.47. The van der Waals surface area contributed by atoms with Crippen LogP contribution in [0.2, 0.25) is 0 Å². The minimum Gasteiger partial charge on any atom is -0.396 e. The van der Waals surface area contributed by atoms with Gasteiger partial charge in [0.25, 0.3) is 10.0 Å². The van der Waals surface area contributed by atoms with Gasteiger partial charge in [-0.2, -0.15) is 0 Å². The molecule has 5 rings (SSSR count). The number of amides is 1. The first-order valence-corrected chi connectivity index (χ1v) is 16.7. The van der Waals surface area contributed by atoms with E-state index < -0.39 is 27.0 Å². The van der Waals surface area contributed by atoms with Crippen LogP contribution in [0.25, 0.3) is 0 Å². The first-order valence-electron chi connectivity index (χ1n) is 14.4. The van der Waals surface area contributed by atoms with Crippen LogP contribution in [0.15, 0.2) is 29.2 Å². The van der Waals surface area contributed by atoms with E-state index in [9.17, 15) is 23.4 Å². The van der Waals surface area contributed by atoms with Crippen molar-refractivity contribution in [3.63, 3.8) is 0 Å². The third kappa shape index (κ3) is 6.05. The molecule has 41 heavy (non-hydrogen) atoms. The molecule has 1 aliphatic heterocycles. The summed E-state index contributed by atoms with van der Waals surface area (Å²) in [6.45, 7) is 10.2. The van der Waals surface area contributed by atoms with E-state index in [-0.39, 0.29) is 40.8 Å². The second kappa shape index (κ2) is 11.9. The van der Waals surface area contributed by atoms with Crippen LogP contribution in [0.4, 0.5) is 5.13 Å². The molecule has 1 amide bonds. The number of ether oxygens (including phenoxy) is 1. The number of carbonyl (C=O) groups is 1. The molecule has 0 radical (unpaired) electrons. The normalized spacial score (nSPS) is 30.3. The number of hydrogen-bond acceptors (Lipinski definition) is 9. The molecule has 2 heterocycles. The third-order valence-corrected chi connectivity index (χ3v) is 12.2. The molecule has 0 spiro atoms. The Morgan fingerprint density at radius 2 is 1.93 bits per heavy atom. The molecule has 2 aliphatic carbocycles. The van der Waals surface area contributed by atoms with Crippen LogP contribution in [0.5, 0.6) is 0 Å². The number of carbonyl (C=O) groups excluding carboxylic acids is 1. The average molecular weight is 607 g/mol. The lowest BCUT2D eigenvalue weighted by molar-refractivity contribution is -0.144. The van der Waals surface area contributed by atoms with E-state index in [0.717, 1.165) is 35.8 Å². The Bertz CT molecular complexity index is 1340. The number of aryl methyl sites for hydroxylation is 1. The fourth-order valence-electron chi connectivity index (χ4n) is 7.02. The molecule has 4 N–H and O–H groups in total. The van der Waals surface area contributed by atoms with Gasteiger partial charge in [0.2, 0.25) is 5.91 Å². The number of nitrogens with one attached hydrogen (secondary N) is 2. The Morgan fingerprint density at radius 3 is 2.61 bits per heavy atom. The summed E-state index contributed by atoms with van der Waals surface area (Å²) in [5.74, 6) is -0.473. The number of fused-ring (bicyclic) bond motifs is 2. The standard InChI is InChI=1S/C29H42N4O6S2/c1-19-4-6-20(7-5-19)41(37,38)32-27-31-26-21(16-25(36)30-10-11-33-12-14-39-15-13-33)28(2)9-8-24(35)29(3,18-34)23(28)17-22(26)40-27/h4-7,21,23-24,34-35H,8-18H2,1-3H3,(H,30,36)(H,31,32). The van der Waals surface area contributed by atoms with Gasteiger partial charge in [0.05, 0.1) is 36.5 Å². The summed E-state index contributed by atoms with van der Waals surface area (Å²) in [6, 6.07) is 6.64. The van der Waals surface area contributed by atoms with Gasteiger partial charge in [-0.05, 0) is 49.7 Å². The second-order valence-corrected chi connectivity index (χ2v) is 15.1. The van der Waals surface area contributed by atoms with Crippen molar-refractivity contribution in [2.75, 3.05) is 50.7 Å². The molecule has 2 fully saturated rings. The van der Waals surface area contributed by atoms with Crippen LogP contribution in [0.1, 0.15) is 55.2 Å². The van der Waals surface area contributed by atoms with Crippen molar-refractivity contribution in [3.05, 3.63) is 40.4 Å². The Morgan fingerprint density at radius 1 is 1.22 bits per heavy atom. The molecular formula is C29H42N4O6S2. The zero-order valence-electron chi connectivity index (χ0n) is 24.1. The summed E-state index contributed by atoms with van der Waals surface area (Å²) >= 11 is 1.28. The Hall–Kier alpha value is -2.09. The first kappa shape index (κ1) is 30.4. The number of sulfonamides is 1. The number of aromatic nitrogens is 1. The van der Waals surface area contributed by atoms with Gasteiger partial charge < -0.3 is 20.3 Å². The molecule has 12 heteroatoms. The molecule has 5 unspecified atom stereocenters. The van der Waals surface area contributed by atoms with E-state index in [2.05, 4.69) is 21.9 Å². The molecule has 1 aromatic heterocycles. The Labute approximate surface area is 246 Å². The number of hydrogen-bond donors (Lipinski definition) is 4. The number of thiazole rings is 1. The highest BCUT2D eigenvalue weighted by molar-refractivity contribution is 7.93. The number of aliphatic hydroxyl groups is 2. The highest BCUT2D eigenvalue weighted by atomic mass is 32.2. The van der Waals surface area contributed by atoms with Gasteiger partial charge in [-0.25, -0.2) is 13.4 Å². The summed E-state index contributed by atoms with van der Waals surface area (Å²) in [5.41, 5.74) is 0.549. The van der Waals surface area contributed by atoms with E-state index in [1.807, 2.05) is 13.8 Å². The maximum Gasteiger partial charge on any atom is 0.263 e. The smallest absolute Gasteiger partial charge is 0.263 e. The predicted octanol–water partition coefficient (Wildman–Crippen LogP) is 2.51. The van der Waals surface area contributed by atoms with Crippen molar-refractivity contribution in [3.8, 4) is 0 Å². The quantitative estimate of drug-likeness (QED) is 0.341. The molecular weight excluding hydrogens is 564 g/mol. The lowest BCUT2D eigenvalue weighted by Gasteiger charge is -2.58. The van der Waals surface area contributed by atoms with Crippen LogP contribution in [-0.4, -0.2) is 86.5 Å². The summed E-state index contributed by atoms with van der Waals surface area (Å²) < 4.78 is 34.4. The minimum atomic E-state index is -3.85. The first-order chi connectivity index (χ1) is 19.5. The van der Waals surface area contributed by atoms with Crippen molar-refractivity contribution < 1.29 is 28.2 Å². The largest absolute Gasteiger partial charge is 0.396 e. The zero-order chi connectivity index (χ0) is 29.4. The van der Waals surface area contributed by atoms with Crippen LogP contribution in [0, 0.1) is 23.7 Å². The highest BCUT2D eigenvalue weighted by Gasteiger charge is 2.59. The van der Waals surface area contributed by atoms with Crippen molar-refractivity contribution in [2.45, 2.75) is 63.4 Å². The summed E-state index contributed by atoms with van der Waals surface area (Å²) in [5, 5.41) is 24.8. The minimum absolute atomic E-state index is 0.0808. The summed E-state index contributed by atoms with van der Waals surface area (Å²) in [6.07, 6.45) is 1.29. The topological polar surface area (TPSA) is 141 Å². The molecule has 226 valence electrons. The fraction of sp³-hybridized carbons (Fsp3) is 0.655. The highest BCUT2D eigenvalue weighted by Crippen LogP contribution is 2.62. The van der Waals surface area contributed by atoms with Gasteiger partial charge in [-0.1, -0.05) is 31.5 Å². The maximum atomic E-state index is 13.3. The molecule has 0 bridgehead atoms. The predicted molar refractivity (Wildman–Crippen MR) is 157 cm³/mol. The van der Waals surface area contributed by atoms with Crippen LogP contribution >= 0.6 is 11.3 Å². The number of nitrogens with zero attached hydrogens (tertiary/aromatic N) is 2. The fourth-order valence-corrected chi connectivity index (χ4v) is 9.32. The Kier molecular flexibility index (Phi) is 8.81.